The average Bonchev–Trinajstić information content (AvgIpc) is 3.06. The number of aryl methyl sites for hydroxylation is 1. The first-order chi connectivity index (χ1) is 13.8. The van der Waals surface area contributed by atoms with Gasteiger partial charge in [-0.2, -0.15) is 0 Å². The molecule has 0 aromatic carbocycles. The molecular weight excluding hydrogens is 392 g/mol. The fourth-order valence-corrected chi connectivity index (χ4v) is 4.62. The van der Waals surface area contributed by atoms with Crippen LogP contribution in [0.4, 0.5) is 0 Å². The van der Waals surface area contributed by atoms with Crippen molar-refractivity contribution >= 4 is 34.7 Å². The summed E-state index contributed by atoms with van der Waals surface area (Å²) in [5.41, 5.74) is 1.87. The largest absolute Gasteiger partial charge is 0.466 e. The number of aromatic amines is 1. The van der Waals surface area contributed by atoms with Crippen LogP contribution in [0.15, 0.2) is 16.0 Å². The Balaban J connectivity index is 1.68. The van der Waals surface area contributed by atoms with E-state index < -0.39 is 0 Å². The zero-order valence-corrected chi connectivity index (χ0v) is 18.2. The van der Waals surface area contributed by atoms with Crippen LogP contribution in [0, 0.1) is 12.8 Å². The number of ether oxygens (including phenoxy) is 1. The van der Waals surface area contributed by atoms with Crippen LogP contribution in [0.1, 0.15) is 45.3 Å². The highest BCUT2D eigenvalue weighted by molar-refractivity contribution is 7.99. The summed E-state index contributed by atoms with van der Waals surface area (Å²) < 4.78 is 6.70. The predicted molar refractivity (Wildman–Crippen MR) is 112 cm³/mol. The van der Waals surface area contributed by atoms with Gasteiger partial charge in [0.15, 0.2) is 5.16 Å². The molecule has 158 valence electrons. The number of fused-ring (bicyclic) bond motifs is 1. The number of hydrogen-bond acceptors (Lipinski definition) is 6. The highest BCUT2D eigenvalue weighted by Crippen LogP contribution is 2.23. The summed E-state index contributed by atoms with van der Waals surface area (Å²) in [5, 5.41) is 0.547. The molecule has 0 bridgehead atoms. The molecule has 3 heterocycles. The topological polar surface area (TPSA) is 97.3 Å². The third kappa shape index (κ3) is 4.66. The number of nitrogens with zero attached hydrogens (tertiary/aromatic N) is 3. The molecule has 0 radical (unpaired) electrons. The molecule has 1 aliphatic heterocycles. The van der Waals surface area contributed by atoms with E-state index in [0.29, 0.717) is 48.7 Å². The fourth-order valence-electron chi connectivity index (χ4n) is 3.59. The van der Waals surface area contributed by atoms with E-state index in [4.69, 9.17) is 4.74 Å². The SMILES string of the molecule is CCOC(=O)C1CCN(C(=O)CSc2nc3cc(C)[nH]c3c(=O)n2C(C)C)CC1. The second kappa shape index (κ2) is 9.02. The van der Waals surface area contributed by atoms with Crippen molar-refractivity contribution < 1.29 is 14.3 Å². The van der Waals surface area contributed by atoms with E-state index in [1.165, 1.54) is 11.8 Å². The van der Waals surface area contributed by atoms with Crippen LogP contribution in [0.5, 0.6) is 0 Å². The molecule has 0 saturated carbocycles. The Kier molecular flexibility index (Phi) is 6.66. The molecule has 3 rings (SSSR count). The Hall–Kier alpha value is -2.29. The van der Waals surface area contributed by atoms with Gasteiger partial charge in [-0.25, -0.2) is 4.98 Å². The van der Waals surface area contributed by atoms with Gasteiger partial charge in [0.05, 0.1) is 23.8 Å². The van der Waals surface area contributed by atoms with Gasteiger partial charge in [0.25, 0.3) is 5.56 Å². The van der Waals surface area contributed by atoms with Crippen LogP contribution < -0.4 is 5.56 Å². The normalized spacial score (nSPS) is 15.3. The van der Waals surface area contributed by atoms with Gasteiger partial charge < -0.3 is 14.6 Å². The van der Waals surface area contributed by atoms with Gasteiger partial charge in [-0.15, -0.1) is 0 Å². The standard InChI is InChI=1S/C20H28N4O4S/c1-5-28-19(27)14-6-8-23(9-7-14)16(25)11-29-20-22-15-10-13(4)21-17(15)18(26)24(20)12(2)3/h10,12,14,21H,5-9,11H2,1-4H3. The highest BCUT2D eigenvalue weighted by Gasteiger charge is 2.28. The summed E-state index contributed by atoms with van der Waals surface area (Å²) in [5.74, 6) is -0.0990. The molecule has 0 spiro atoms. The Labute approximate surface area is 174 Å². The first-order valence-electron chi connectivity index (χ1n) is 10.0. The van der Waals surface area contributed by atoms with Crippen molar-refractivity contribution in [1.82, 2.24) is 19.4 Å². The van der Waals surface area contributed by atoms with Crippen LogP contribution in [-0.2, 0) is 14.3 Å². The number of esters is 1. The zero-order valence-electron chi connectivity index (χ0n) is 17.4. The number of aromatic nitrogens is 3. The molecule has 1 aliphatic rings. The monoisotopic (exact) mass is 420 g/mol. The minimum atomic E-state index is -0.172. The van der Waals surface area contributed by atoms with Gasteiger partial charge in [0, 0.05) is 24.8 Å². The number of H-pyrrole nitrogens is 1. The van der Waals surface area contributed by atoms with Crippen molar-refractivity contribution in [1.29, 1.82) is 0 Å². The lowest BCUT2D eigenvalue weighted by atomic mass is 9.97. The molecule has 2 aromatic heterocycles. The van der Waals surface area contributed by atoms with Crippen LogP contribution in [-0.4, -0.2) is 56.8 Å². The number of hydrogen-bond donors (Lipinski definition) is 1. The molecule has 0 aliphatic carbocycles. The second-order valence-electron chi connectivity index (χ2n) is 7.57. The summed E-state index contributed by atoms with van der Waals surface area (Å²) in [7, 11) is 0. The Morgan fingerprint density at radius 3 is 2.66 bits per heavy atom. The minimum Gasteiger partial charge on any atom is -0.466 e. The third-order valence-electron chi connectivity index (χ3n) is 5.10. The van der Waals surface area contributed by atoms with Gasteiger partial charge in [-0.3, -0.25) is 19.0 Å². The van der Waals surface area contributed by atoms with Crippen LogP contribution in [0.3, 0.4) is 0 Å². The Bertz CT molecular complexity index is 957. The average molecular weight is 421 g/mol. The van der Waals surface area contributed by atoms with E-state index in [-0.39, 0.29) is 35.1 Å². The maximum atomic E-state index is 12.8. The van der Waals surface area contributed by atoms with E-state index in [0.717, 1.165) is 5.69 Å². The summed E-state index contributed by atoms with van der Waals surface area (Å²) in [6.07, 6.45) is 1.25. The van der Waals surface area contributed by atoms with Crippen molar-refractivity contribution in [2.24, 2.45) is 5.92 Å². The van der Waals surface area contributed by atoms with E-state index in [2.05, 4.69) is 9.97 Å². The summed E-state index contributed by atoms with van der Waals surface area (Å²) in [6, 6.07) is 1.77. The molecule has 1 saturated heterocycles. The lowest BCUT2D eigenvalue weighted by Gasteiger charge is -2.30. The number of carbonyl (C=O) groups excluding carboxylic acids is 2. The third-order valence-corrected chi connectivity index (χ3v) is 6.03. The van der Waals surface area contributed by atoms with Crippen molar-refractivity contribution in [3.8, 4) is 0 Å². The quantitative estimate of drug-likeness (QED) is 0.438. The van der Waals surface area contributed by atoms with Crippen molar-refractivity contribution in [2.75, 3.05) is 25.4 Å². The van der Waals surface area contributed by atoms with E-state index in [1.54, 1.807) is 16.4 Å². The lowest BCUT2D eigenvalue weighted by molar-refractivity contribution is -0.151. The summed E-state index contributed by atoms with van der Waals surface area (Å²) in [6.45, 7) is 9.01. The maximum absolute atomic E-state index is 12.8. The number of rotatable bonds is 6. The summed E-state index contributed by atoms with van der Waals surface area (Å²) >= 11 is 1.29. The van der Waals surface area contributed by atoms with Crippen molar-refractivity contribution in [2.45, 2.75) is 51.7 Å². The molecule has 29 heavy (non-hydrogen) atoms. The van der Waals surface area contributed by atoms with Gasteiger partial charge >= 0.3 is 5.97 Å². The van der Waals surface area contributed by atoms with Crippen LogP contribution in [0.25, 0.3) is 11.0 Å². The number of amides is 1. The molecule has 1 amide bonds. The first kappa shape index (κ1) is 21.4. The van der Waals surface area contributed by atoms with E-state index >= 15 is 0 Å². The fraction of sp³-hybridized carbons (Fsp3) is 0.600. The maximum Gasteiger partial charge on any atom is 0.309 e. The molecular formula is C20H28N4O4S. The van der Waals surface area contributed by atoms with Crippen molar-refractivity contribution in [3.63, 3.8) is 0 Å². The molecule has 0 atom stereocenters. The number of thioether (sulfide) groups is 1. The van der Waals surface area contributed by atoms with Crippen LogP contribution >= 0.6 is 11.8 Å². The number of piperidine rings is 1. The zero-order chi connectivity index (χ0) is 21.1. The number of nitrogens with one attached hydrogen (secondary N) is 1. The van der Waals surface area contributed by atoms with Gasteiger partial charge in [-0.1, -0.05) is 11.8 Å². The van der Waals surface area contributed by atoms with Gasteiger partial charge in [0.2, 0.25) is 5.91 Å². The minimum absolute atomic E-state index is 0.00721. The Morgan fingerprint density at radius 2 is 2.03 bits per heavy atom. The van der Waals surface area contributed by atoms with E-state index in [1.807, 2.05) is 26.8 Å². The molecule has 1 fully saturated rings. The summed E-state index contributed by atoms with van der Waals surface area (Å²) in [4.78, 5) is 46.8. The second-order valence-corrected chi connectivity index (χ2v) is 8.51. The molecule has 9 heteroatoms. The van der Waals surface area contributed by atoms with E-state index in [9.17, 15) is 14.4 Å². The molecule has 0 unspecified atom stereocenters. The van der Waals surface area contributed by atoms with Gasteiger partial charge in [0.1, 0.15) is 5.52 Å². The molecule has 1 N–H and O–H groups in total. The smallest absolute Gasteiger partial charge is 0.309 e. The lowest BCUT2D eigenvalue weighted by Crippen LogP contribution is -2.41. The number of likely N-dealkylation sites (tertiary alicyclic amines) is 1. The Morgan fingerprint density at radius 1 is 1.34 bits per heavy atom. The molecule has 8 nitrogen and oxygen atoms in total. The predicted octanol–water partition coefficient (Wildman–Crippen LogP) is 2.51. The highest BCUT2D eigenvalue weighted by atomic mass is 32.2. The van der Waals surface area contributed by atoms with Gasteiger partial charge in [-0.05, 0) is 46.6 Å². The van der Waals surface area contributed by atoms with Crippen molar-refractivity contribution in [3.05, 3.63) is 22.1 Å². The van der Waals surface area contributed by atoms with Crippen LogP contribution in [0.2, 0.25) is 0 Å². The molecule has 2 aromatic rings. The number of carbonyl (C=O) groups is 2. The first-order valence-corrected chi connectivity index (χ1v) is 11.0.